The van der Waals surface area contributed by atoms with Crippen LogP contribution >= 0.6 is 11.3 Å². The first-order valence-electron chi connectivity index (χ1n) is 4.36. The molecule has 1 aromatic heterocycles. The van der Waals surface area contributed by atoms with E-state index in [9.17, 15) is 18.0 Å². The molecule has 0 amide bonds. The smallest absolute Gasteiger partial charge is 0.299 e. The largest absolute Gasteiger partial charge is 0.389 e. The van der Waals surface area contributed by atoms with E-state index in [1.165, 1.54) is 11.3 Å². The van der Waals surface area contributed by atoms with E-state index in [0.29, 0.717) is 5.69 Å². The average molecular weight is 237 g/mol. The van der Waals surface area contributed by atoms with E-state index in [2.05, 4.69) is 4.98 Å². The van der Waals surface area contributed by atoms with Gasteiger partial charge in [0, 0.05) is 18.2 Å². The number of nitrogens with zero attached hydrogens (tertiary/aromatic N) is 1. The van der Waals surface area contributed by atoms with Crippen LogP contribution in [0.4, 0.5) is 13.2 Å². The number of hydrogen-bond donors (Lipinski definition) is 0. The maximum absolute atomic E-state index is 11.8. The summed E-state index contributed by atoms with van der Waals surface area (Å²) in [4.78, 5) is 15.1. The number of aromatic nitrogens is 1. The van der Waals surface area contributed by atoms with Crippen molar-refractivity contribution >= 4 is 17.1 Å². The lowest BCUT2D eigenvalue weighted by molar-refractivity contribution is -0.143. The Morgan fingerprint density at radius 2 is 2.20 bits per heavy atom. The summed E-state index contributed by atoms with van der Waals surface area (Å²) in [5.41, 5.74) is 0.560. The van der Waals surface area contributed by atoms with Crippen LogP contribution in [0.5, 0.6) is 0 Å². The third-order valence-corrected chi connectivity index (χ3v) is 2.55. The molecule has 0 aliphatic carbocycles. The van der Waals surface area contributed by atoms with E-state index in [-0.39, 0.29) is 6.42 Å². The molecule has 0 spiro atoms. The monoisotopic (exact) mass is 237 g/mol. The second-order valence-corrected chi connectivity index (χ2v) is 4.25. The van der Waals surface area contributed by atoms with Crippen LogP contribution in [0.3, 0.4) is 0 Å². The third-order valence-electron chi connectivity index (χ3n) is 1.73. The predicted octanol–water partition coefficient (Wildman–Crippen LogP) is 2.91. The number of carbonyl (C=O) groups is 1. The molecule has 0 aliphatic rings. The summed E-state index contributed by atoms with van der Waals surface area (Å²) < 4.78 is 35.4. The Bertz CT molecular complexity index is 345. The molecule has 1 heterocycles. The molecule has 1 aromatic rings. The van der Waals surface area contributed by atoms with Crippen molar-refractivity contribution in [3.05, 3.63) is 16.1 Å². The highest BCUT2D eigenvalue weighted by atomic mass is 32.1. The molecule has 0 bridgehead atoms. The van der Waals surface area contributed by atoms with Crippen LogP contribution in [0.1, 0.15) is 23.5 Å². The average Bonchev–Trinajstić information content (AvgIpc) is 2.47. The number of aryl methyl sites for hydroxylation is 1. The van der Waals surface area contributed by atoms with Crippen molar-refractivity contribution in [2.75, 3.05) is 0 Å². The zero-order valence-electron chi connectivity index (χ0n) is 8.10. The van der Waals surface area contributed by atoms with E-state index in [0.717, 1.165) is 5.01 Å². The minimum atomic E-state index is -4.26. The molecule has 0 N–H and O–H groups in total. The Hall–Kier alpha value is -0.910. The lowest BCUT2D eigenvalue weighted by Gasteiger charge is -2.04. The molecule has 0 radical (unpaired) electrons. The summed E-state index contributed by atoms with van der Waals surface area (Å²) in [5, 5.41) is 2.51. The molecule has 6 heteroatoms. The van der Waals surface area contributed by atoms with Crippen molar-refractivity contribution in [3.63, 3.8) is 0 Å². The highest BCUT2D eigenvalue weighted by Crippen LogP contribution is 2.22. The van der Waals surface area contributed by atoms with Crippen molar-refractivity contribution < 1.29 is 18.0 Å². The Morgan fingerprint density at radius 1 is 1.53 bits per heavy atom. The molecule has 2 nitrogen and oxygen atoms in total. The minimum Gasteiger partial charge on any atom is -0.299 e. The van der Waals surface area contributed by atoms with Gasteiger partial charge in [0.05, 0.1) is 17.1 Å². The van der Waals surface area contributed by atoms with Crippen LogP contribution in [0.15, 0.2) is 5.38 Å². The maximum Gasteiger partial charge on any atom is 0.389 e. The van der Waals surface area contributed by atoms with Gasteiger partial charge in [-0.1, -0.05) is 0 Å². The van der Waals surface area contributed by atoms with Gasteiger partial charge >= 0.3 is 6.18 Å². The Labute approximate surface area is 89.1 Å². The Kier molecular flexibility index (Phi) is 3.84. The van der Waals surface area contributed by atoms with Gasteiger partial charge in [0.15, 0.2) is 0 Å². The van der Waals surface area contributed by atoms with Crippen molar-refractivity contribution in [1.29, 1.82) is 0 Å². The number of alkyl halides is 3. The molecule has 1 rings (SSSR count). The van der Waals surface area contributed by atoms with Gasteiger partial charge in [0.1, 0.15) is 5.78 Å². The maximum atomic E-state index is 11.8. The summed E-state index contributed by atoms with van der Waals surface area (Å²) >= 11 is 1.38. The first kappa shape index (κ1) is 12.2. The lowest BCUT2D eigenvalue weighted by Crippen LogP contribution is -2.12. The standard InChI is InChI=1S/C9H10F3NOS/c1-6-13-7(5-15-6)4-8(14)2-3-9(10,11)12/h5H,2-4H2,1H3. The van der Waals surface area contributed by atoms with Gasteiger partial charge in [-0.05, 0) is 6.92 Å². The molecular formula is C9H10F3NOS. The summed E-state index contributed by atoms with van der Waals surface area (Å²) in [5.74, 6) is -0.419. The normalized spacial score (nSPS) is 11.7. The number of carbonyl (C=O) groups excluding carboxylic acids is 1. The van der Waals surface area contributed by atoms with Gasteiger partial charge in [0.25, 0.3) is 0 Å². The van der Waals surface area contributed by atoms with Crippen LogP contribution in [-0.2, 0) is 11.2 Å². The SMILES string of the molecule is Cc1nc(CC(=O)CCC(F)(F)F)cs1. The van der Waals surface area contributed by atoms with Crippen LogP contribution in [-0.4, -0.2) is 16.9 Å². The third kappa shape index (κ3) is 4.92. The quantitative estimate of drug-likeness (QED) is 0.805. The van der Waals surface area contributed by atoms with Crippen molar-refractivity contribution in [3.8, 4) is 0 Å². The first-order valence-corrected chi connectivity index (χ1v) is 5.24. The summed E-state index contributed by atoms with van der Waals surface area (Å²) in [6.07, 6.45) is -5.76. The topological polar surface area (TPSA) is 30.0 Å². The number of hydrogen-bond acceptors (Lipinski definition) is 3. The molecular weight excluding hydrogens is 227 g/mol. The van der Waals surface area contributed by atoms with Gasteiger partial charge in [-0.15, -0.1) is 11.3 Å². The first-order chi connectivity index (χ1) is 6.87. The van der Waals surface area contributed by atoms with Crippen molar-refractivity contribution in [2.24, 2.45) is 0 Å². The van der Waals surface area contributed by atoms with Crippen LogP contribution in [0.25, 0.3) is 0 Å². The fourth-order valence-corrected chi connectivity index (χ4v) is 1.67. The molecule has 0 unspecified atom stereocenters. The van der Waals surface area contributed by atoms with Gasteiger partial charge in [0.2, 0.25) is 0 Å². The molecule has 0 atom stereocenters. The zero-order valence-corrected chi connectivity index (χ0v) is 8.91. The van der Waals surface area contributed by atoms with E-state index < -0.39 is 24.8 Å². The highest BCUT2D eigenvalue weighted by Gasteiger charge is 2.27. The predicted molar refractivity (Wildman–Crippen MR) is 50.9 cm³/mol. The van der Waals surface area contributed by atoms with Gasteiger partial charge in [-0.3, -0.25) is 4.79 Å². The zero-order chi connectivity index (χ0) is 11.5. The van der Waals surface area contributed by atoms with Crippen LogP contribution in [0, 0.1) is 6.92 Å². The molecule has 0 saturated heterocycles. The van der Waals surface area contributed by atoms with E-state index in [4.69, 9.17) is 0 Å². The van der Waals surface area contributed by atoms with Gasteiger partial charge in [-0.2, -0.15) is 13.2 Å². The number of rotatable bonds is 4. The van der Waals surface area contributed by atoms with E-state index >= 15 is 0 Å². The second kappa shape index (κ2) is 4.74. The molecule has 15 heavy (non-hydrogen) atoms. The van der Waals surface area contributed by atoms with Crippen molar-refractivity contribution in [2.45, 2.75) is 32.4 Å². The number of halogens is 3. The molecule has 0 fully saturated rings. The van der Waals surface area contributed by atoms with E-state index in [1.54, 1.807) is 12.3 Å². The fourth-order valence-electron chi connectivity index (χ4n) is 1.06. The van der Waals surface area contributed by atoms with Gasteiger partial charge in [-0.25, -0.2) is 4.98 Å². The van der Waals surface area contributed by atoms with Crippen LogP contribution in [0.2, 0.25) is 0 Å². The molecule has 0 saturated carbocycles. The summed E-state index contributed by atoms with van der Waals surface area (Å²) in [6, 6.07) is 0. The van der Waals surface area contributed by atoms with E-state index in [1.807, 2.05) is 0 Å². The van der Waals surface area contributed by atoms with Crippen LogP contribution < -0.4 is 0 Å². The minimum absolute atomic E-state index is 0.000417. The summed E-state index contributed by atoms with van der Waals surface area (Å²) in [6.45, 7) is 1.79. The molecule has 84 valence electrons. The molecule has 0 aliphatic heterocycles. The Morgan fingerprint density at radius 3 is 2.67 bits per heavy atom. The summed E-state index contributed by atoms with van der Waals surface area (Å²) in [7, 11) is 0. The lowest BCUT2D eigenvalue weighted by atomic mass is 10.1. The molecule has 0 aromatic carbocycles. The number of ketones is 1. The Balaban J connectivity index is 2.37. The fraction of sp³-hybridized carbons (Fsp3) is 0.556. The number of thiazole rings is 1. The second-order valence-electron chi connectivity index (χ2n) is 3.19. The van der Waals surface area contributed by atoms with Crippen molar-refractivity contribution in [1.82, 2.24) is 4.98 Å². The van der Waals surface area contributed by atoms with Gasteiger partial charge < -0.3 is 0 Å². The number of Topliss-reactive ketones (excluding diaryl/α,β-unsaturated/α-hetero) is 1. The highest BCUT2D eigenvalue weighted by molar-refractivity contribution is 7.09.